The number of urea groups is 1. The molecule has 0 saturated heterocycles. The molecule has 4 aromatic rings. The smallest absolute Gasteiger partial charge is 0.319 e. The predicted octanol–water partition coefficient (Wildman–Crippen LogP) is 5.73. The van der Waals surface area contributed by atoms with E-state index in [-0.39, 0.29) is 12.1 Å². The lowest BCUT2D eigenvalue weighted by atomic mass is 10.1. The van der Waals surface area contributed by atoms with E-state index >= 15 is 0 Å². The van der Waals surface area contributed by atoms with Crippen LogP contribution in [0, 0.1) is 0 Å². The summed E-state index contributed by atoms with van der Waals surface area (Å²) in [6.45, 7) is 4.04. The van der Waals surface area contributed by atoms with Crippen molar-refractivity contribution in [2.24, 2.45) is 0 Å². The Labute approximate surface area is 183 Å². The number of fused-ring (bicyclic) bond motifs is 1. The van der Waals surface area contributed by atoms with Crippen molar-refractivity contribution >= 4 is 22.8 Å². The molecule has 158 valence electrons. The number of para-hydroxylation sites is 3. The van der Waals surface area contributed by atoms with Crippen molar-refractivity contribution in [3.05, 3.63) is 90.3 Å². The third-order valence-corrected chi connectivity index (χ3v) is 5.46. The zero-order valence-corrected chi connectivity index (χ0v) is 18.0. The maximum absolute atomic E-state index is 12.1. The summed E-state index contributed by atoms with van der Waals surface area (Å²) in [5, 5.41) is 5.87. The summed E-state index contributed by atoms with van der Waals surface area (Å²) in [5.41, 5.74) is 5.19. The molecular weight excluding hydrogens is 384 g/mol. The van der Waals surface area contributed by atoms with Gasteiger partial charge in [0.25, 0.3) is 0 Å². The molecule has 31 heavy (non-hydrogen) atoms. The molecule has 4 rings (SSSR count). The number of nitrogens with one attached hydrogen (secondary N) is 2. The van der Waals surface area contributed by atoms with E-state index in [1.165, 1.54) is 0 Å². The van der Waals surface area contributed by atoms with E-state index in [0.29, 0.717) is 0 Å². The average Bonchev–Trinajstić information content (AvgIpc) is 3.16. The zero-order chi connectivity index (χ0) is 21.6. The van der Waals surface area contributed by atoms with E-state index in [0.717, 1.165) is 53.1 Å². The van der Waals surface area contributed by atoms with Crippen molar-refractivity contribution in [3.8, 4) is 5.69 Å². The van der Waals surface area contributed by atoms with Gasteiger partial charge in [-0.15, -0.1) is 0 Å². The molecule has 1 heterocycles. The Bertz CT molecular complexity index is 1170. The van der Waals surface area contributed by atoms with Crippen molar-refractivity contribution in [3.63, 3.8) is 0 Å². The molecular formula is C26H28N4O. The first-order chi connectivity index (χ1) is 15.1. The molecule has 2 amide bonds. The molecule has 5 heteroatoms. The minimum absolute atomic E-state index is 0.147. The van der Waals surface area contributed by atoms with Crippen molar-refractivity contribution in [1.82, 2.24) is 14.9 Å². The highest BCUT2D eigenvalue weighted by Gasteiger charge is 2.12. The Hall–Kier alpha value is -3.60. The predicted molar refractivity (Wildman–Crippen MR) is 127 cm³/mol. The van der Waals surface area contributed by atoms with E-state index in [4.69, 9.17) is 4.98 Å². The number of carbonyl (C=O) groups excluding carboxylic acids is 1. The van der Waals surface area contributed by atoms with Gasteiger partial charge in [0, 0.05) is 23.8 Å². The third kappa shape index (κ3) is 4.94. The molecule has 0 aliphatic heterocycles. The quantitative estimate of drug-likeness (QED) is 0.407. The fourth-order valence-electron chi connectivity index (χ4n) is 3.66. The topological polar surface area (TPSA) is 59.0 Å². The standard InChI is InChI=1S/C26H28N4O/c1-3-19(2)27-26(31)28-21-11-9-10-20(18-21)16-17-25-29-23-14-7-8-15-24(23)30(25)22-12-5-4-6-13-22/h4-15,18-19H,3,16-17H2,1-2H3,(H2,27,28,31). The maximum Gasteiger partial charge on any atom is 0.319 e. The number of benzene rings is 3. The third-order valence-electron chi connectivity index (χ3n) is 5.46. The molecule has 0 aliphatic rings. The molecule has 1 atom stereocenters. The number of hydrogen-bond donors (Lipinski definition) is 2. The molecule has 0 aliphatic carbocycles. The Morgan fingerprint density at radius 3 is 2.55 bits per heavy atom. The molecule has 0 radical (unpaired) electrons. The lowest BCUT2D eigenvalue weighted by Gasteiger charge is -2.13. The van der Waals surface area contributed by atoms with Crippen LogP contribution in [0.3, 0.4) is 0 Å². The highest BCUT2D eigenvalue weighted by Crippen LogP contribution is 2.23. The largest absolute Gasteiger partial charge is 0.335 e. The lowest BCUT2D eigenvalue weighted by molar-refractivity contribution is 0.249. The molecule has 2 N–H and O–H groups in total. The summed E-state index contributed by atoms with van der Waals surface area (Å²) < 4.78 is 2.23. The van der Waals surface area contributed by atoms with Crippen LogP contribution in [0.25, 0.3) is 16.7 Å². The fraction of sp³-hybridized carbons (Fsp3) is 0.231. The van der Waals surface area contributed by atoms with Crippen LogP contribution >= 0.6 is 0 Å². The Kier molecular flexibility index (Phi) is 6.32. The summed E-state index contributed by atoms with van der Waals surface area (Å²) in [6.07, 6.45) is 2.53. The van der Waals surface area contributed by atoms with Gasteiger partial charge in [-0.1, -0.05) is 49.4 Å². The normalized spacial score (nSPS) is 11.9. The number of aryl methyl sites for hydroxylation is 2. The van der Waals surface area contributed by atoms with Crippen molar-refractivity contribution in [2.45, 2.75) is 39.2 Å². The number of carbonyl (C=O) groups is 1. The van der Waals surface area contributed by atoms with E-state index in [1.54, 1.807) is 0 Å². The number of imidazole rings is 1. The molecule has 1 unspecified atom stereocenters. The molecule has 0 fully saturated rings. The van der Waals surface area contributed by atoms with E-state index in [9.17, 15) is 4.79 Å². The molecule has 5 nitrogen and oxygen atoms in total. The second kappa shape index (κ2) is 9.47. The zero-order valence-electron chi connectivity index (χ0n) is 18.0. The van der Waals surface area contributed by atoms with Crippen molar-refractivity contribution in [1.29, 1.82) is 0 Å². The van der Waals surface area contributed by atoms with Gasteiger partial charge in [0.1, 0.15) is 5.82 Å². The Balaban J connectivity index is 1.53. The number of rotatable bonds is 7. The van der Waals surface area contributed by atoms with Crippen LogP contribution in [0.15, 0.2) is 78.9 Å². The summed E-state index contributed by atoms with van der Waals surface area (Å²) in [5.74, 6) is 1.03. The van der Waals surface area contributed by atoms with E-state index in [1.807, 2.05) is 62.4 Å². The van der Waals surface area contributed by atoms with Crippen LogP contribution < -0.4 is 10.6 Å². The molecule has 0 spiro atoms. The average molecular weight is 413 g/mol. The van der Waals surface area contributed by atoms with Crippen LogP contribution in [0.5, 0.6) is 0 Å². The highest BCUT2D eigenvalue weighted by atomic mass is 16.2. The first kappa shape index (κ1) is 20.7. The van der Waals surface area contributed by atoms with E-state index in [2.05, 4.69) is 45.5 Å². The minimum Gasteiger partial charge on any atom is -0.335 e. The van der Waals surface area contributed by atoms with Gasteiger partial charge >= 0.3 is 6.03 Å². The first-order valence-electron chi connectivity index (χ1n) is 10.8. The summed E-state index contributed by atoms with van der Waals surface area (Å²) in [6, 6.07) is 26.6. The van der Waals surface area contributed by atoms with Gasteiger partial charge in [0.15, 0.2) is 0 Å². The maximum atomic E-state index is 12.1. The van der Waals surface area contributed by atoms with Crippen LogP contribution in [-0.2, 0) is 12.8 Å². The number of hydrogen-bond acceptors (Lipinski definition) is 2. The number of amides is 2. The summed E-state index contributed by atoms with van der Waals surface area (Å²) in [4.78, 5) is 17.0. The molecule has 1 aromatic heterocycles. The van der Waals surface area contributed by atoms with Gasteiger partial charge in [0.2, 0.25) is 0 Å². The van der Waals surface area contributed by atoms with Gasteiger partial charge in [-0.25, -0.2) is 9.78 Å². The molecule has 0 bridgehead atoms. The monoisotopic (exact) mass is 412 g/mol. The highest BCUT2D eigenvalue weighted by molar-refractivity contribution is 5.89. The first-order valence-corrected chi connectivity index (χ1v) is 10.8. The number of aromatic nitrogens is 2. The SMILES string of the molecule is CCC(C)NC(=O)Nc1cccc(CCc2nc3ccccc3n2-c2ccccc2)c1. The summed E-state index contributed by atoms with van der Waals surface area (Å²) in [7, 11) is 0. The van der Waals surface area contributed by atoms with Crippen molar-refractivity contribution < 1.29 is 4.79 Å². The molecule has 3 aromatic carbocycles. The lowest BCUT2D eigenvalue weighted by Crippen LogP contribution is -2.35. The Morgan fingerprint density at radius 2 is 1.74 bits per heavy atom. The van der Waals surface area contributed by atoms with Gasteiger partial charge < -0.3 is 10.6 Å². The van der Waals surface area contributed by atoms with Crippen molar-refractivity contribution in [2.75, 3.05) is 5.32 Å². The van der Waals surface area contributed by atoms with Gasteiger partial charge in [-0.2, -0.15) is 0 Å². The number of anilines is 1. The van der Waals surface area contributed by atoms with Gasteiger partial charge in [0.05, 0.1) is 11.0 Å². The van der Waals surface area contributed by atoms with E-state index < -0.39 is 0 Å². The summed E-state index contributed by atoms with van der Waals surface area (Å²) >= 11 is 0. The Morgan fingerprint density at radius 1 is 0.968 bits per heavy atom. The molecule has 0 saturated carbocycles. The van der Waals surface area contributed by atoms with Crippen LogP contribution in [0.4, 0.5) is 10.5 Å². The fourth-order valence-corrected chi connectivity index (χ4v) is 3.66. The van der Waals surface area contributed by atoms with Gasteiger partial charge in [-0.05, 0) is 61.7 Å². The van der Waals surface area contributed by atoms with Crippen LogP contribution in [0.2, 0.25) is 0 Å². The van der Waals surface area contributed by atoms with Crippen LogP contribution in [-0.4, -0.2) is 21.6 Å². The van der Waals surface area contributed by atoms with Crippen LogP contribution in [0.1, 0.15) is 31.7 Å². The number of nitrogens with zero attached hydrogens (tertiary/aromatic N) is 2. The second-order valence-electron chi connectivity index (χ2n) is 7.80. The van der Waals surface area contributed by atoms with Gasteiger partial charge in [-0.3, -0.25) is 4.57 Å². The minimum atomic E-state index is -0.169. The second-order valence-corrected chi connectivity index (χ2v) is 7.80.